The first-order valence-corrected chi connectivity index (χ1v) is 16.7. The molecule has 3 aromatic heterocycles. The Labute approximate surface area is 290 Å². The van der Waals surface area contributed by atoms with Crippen molar-refractivity contribution in [2.75, 3.05) is 17.2 Å². The maximum atomic E-state index is 13.4. The molecule has 23 heteroatoms. The van der Waals surface area contributed by atoms with E-state index in [0.717, 1.165) is 34.1 Å². The average Bonchev–Trinajstić information content (AvgIpc) is 3.74. The summed E-state index contributed by atoms with van der Waals surface area (Å²) in [6, 6.07) is 2.32. The van der Waals surface area contributed by atoms with Crippen LogP contribution in [0.1, 0.15) is 32.1 Å². The lowest BCUT2D eigenvalue weighted by Gasteiger charge is -2.49. The molecule has 4 aromatic rings. The Kier molecular flexibility index (Phi) is 9.18. The van der Waals surface area contributed by atoms with Gasteiger partial charge in [0.05, 0.1) is 0 Å². The summed E-state index contributed by atoms with van der Waals surface area (Å²) in [5.41, 5.74) is 4.49. The molecule has 0 unspecified atom stereocenters. The van der Waals surface area contributed by atoms with Crippen LogP contribution in [0.5, 0.6) is 11.5 Å². The zero-order chi connectivity index (χ0) is 35.9. The van der Waals surface area contributed by atoms with E-state index in [1.807, 2.05) is 0 Å². The topological polar surface area (TPSA) is 305 Å². The van der Waals surface area contributed by atoms with Gasteiger partial charge in [-0.05, 0) is 11.6 Å². The Morgan fingerprint density at radius 1 is 1.08 bits per heavy atom. The van der Waals surface area contributed by atoms with Crippen molar-refractivity contribution >= 4 is 81.2 Å². The summed E-state index contributed by atoms with van der Waals surface area (Å²) >= 11 is 3.26. The summed E-state index contributed by atoms with van der Waals surface area (Å²) in [5, 5.41) is 60.1. The van der Waals surface area contributed by atoms with E-state index >= 15 is 0 Å². The van der Waals surface area contributed by atoms with Crippen LogP contribution in [0.4, 0.5) is 5.13 Å². The molecule has 2 amide bonds. The number of amides is 2. The lowest BCUT2D eigenvalue weighted by Crippen LogP contribution is -2.71. The molecule has 1 fully saturated rings. The van der Waals surface area contributed by atoms with Gasteiger partial charge in [0.25, 0.3) is 17.6 Å². The van der Waals surface area contributed by atoms with Gasteiger partial charge < -0.3 is 41.4 Å². The van der Waals surface area contributed by atoms with Gasteiger partial charge in [-0.2, -0.15) is 14.6 Å². The highest BCUT2D eigenvalue weighted by Crippen LogP contribution is 2.42. The Morgan fingerprint density at radius 2 is 1.86 bits per heavy atom. The molecule has 0 spiro atoms. The minimum atomic E-state index is -1.47. The molecule has 50 heavy (non-hydrogen) atoms. The van der Waals surface area contributed by atoms with Gasteiger partial charge in [0, 0.05) is 28.5 Å². The van der Waals surface area contributed by atoms with E-state index in [9.17, 15) is 44.4 Å². The molecule has 8 N–H and O–H groups in total. The highest BCUT2D eigenvalue weighted by molar-refractivity contribution is 8.01. The maximum absolute atomic E-state index is 13.4. The van der Waals surface area contributed by atoms with Crippen LogP contribution in [-0.2, 0) is 25.8 Å². The van der Waals surface area contributed by atoms with Crippen LogP contribution in [0.3, 0.4) is 0 Å². The number of carboxylic acids is 3. The van der Waals surface area contributed by atoms with E-state index in [0.29, 0.717) is 10.6 Å². The largest absolute Gasteiger partial charge is 0.504 e. The van der Waals surface area contributed by atoms with E-state index in [1.165, 1.54) is 40.1 Å². The van der Waals surface area contributed by atoms with E-state index in [-0.39, 0.29) is 45.1 Å². The third-order valence-corrected chi connectivity index (χ3v) is 10.3. The number of nitrogens with zero attached hydrogens (tertiary/aromatic N) is 7. The van der Waals surface area contributed by atoms with E-state index in [1.54, 1.807) is 0 Å². The smallest absolute Gasteiger partial charge is 0.354 e. The van der Waals surface area contributed by atoms with Crippen molar-refractivity contribution in [1.82, 2.24) is 34.8 Å². The van der Waals surface area contributed by atoms with E-state index in [4.69, 9.17) is 15.7 Å². The number of carboxylic acid groups (broad SMARTS) is 3. The summed E-state index contributed by atoms with van der Waals surface area (Å²) in [7, 11) is 0. The molecular formula is C27H21N9O11S3. The number of carbonyl (C=O) groups excluding carboxylic acids is 2. The quantitative estimate of drug-likeness (QED) is 0.0258. The molecule has 2 atom stereocenters. The number of aromatic hydroxyl groups is 2. The lowest BCUT2D eigenvalue weighted by atomic mass is 10.0. The van der Waals surface area contributed by atoms with Crippen molar-refractivity contribution in [3.63, 3.8) is 0 Å². The highest BCUT2D eigenvalue weighted by atomic mass is 32.2. The molecule has 0 saturated carbocycles. The first-order chi connectivity index (χ1) is 23.8. The van der Waals surface area contributed by atoms with Gasteiger partial charge in [0.15, 0.2) is 28.0 Å². The number of benzene rings is 1. The zero-order valence-corrected chi connectivity index (χ0v) is 27.2. The fourth-order valence-corrected chi connectivity index (χ4v) is 7.87. The Bertz CT molecular complexity index is 2170. The third-order valence-electron chi connectivity index (χ3n) is 7.19. The highest BCUT2D eigenvalue weighted by Gasteiger charge is 2.54. The summed E-state index contributed by atoms with van der Waals surface area (Å²) in [6.07, 6.45) is 1.19. The second-order valence-corrected chi connectivity index (χ2v) is 13.2. The summed E-state index contributed by atoms with van der Waals surface area (Å²) < 4.78 is 1.30. The fourth-order valence-electron chi connectivity index (χ4n) is 4.84. The number of β-lactam (4-membered cyclic amide) rings is 1. The number of thiazole rings is 1. The molecule has 5 heterocycles. The number of phenols is 2. The average molecular weight is 744 g/mol. The number of anilines is 1. The Balaban J connectivity index is 1.18. The SMILES string of the molecule is Nc1nc(/C(=N/OCc2ccc(C(=O)O)c(O)c2O)C(=O)N[C@@H]2C(=O)N3C(C(=O)O)=C(CSc4cc(C(=O)O)nc5ncnn45)CS[C@H]23)cs1. The van der Waals surface area contributed by atoms with Gasteiger partial charge >= 0.3 is 17.9 Å². The number of hydrogen-bond acceptors (Lipinski definition) is 17. The molecule has 2 aliphatic heterocycles. The Hall–Kier alpha value is -5.94. The summed E-state index contributed by atoms with van der Waals surface area (Å²) in [6.45, 7) is -0.516. The lowest BCUT2D eigenvalue weighted by molar-refractivity contribution is -0.150. The first kappa shape index (κ1) is 33.9. The zero-order valence-electron chi connectivity index (χ0n) is 24.8. The van der Waals surface area contributed by atoms with Crippen LogP contribution < -0.4 is 11.1 Å². The molecule has 0 bridgehead atoms. The van der Waals surface area contributed by atoms with Crippen LogP contribution in [0, 0.1) is 0 Å². The van der Waals surface area contributed by atoms with Gasteiger partial charge in [0.1, 0.15) is 46.3 Å². The first-order valence-electron chi connectivity index (χ1n) is 13.8. The molecule has 1 saturated heterocycles. The minimum absolute atomic E-state index is 0.0210. The number of aromatic nitrogens is 5. The summed E-state index contributed by atoms with van der Waals surface area (Å²) in [4.78, 5) is 80.0. The number of phenolic OH excluding ortho intramolecular Hbond substituents is 1. The van der Waals surface area contributed by atoms with Gasteiger partial charge in [-0.1, -0.05) is 11.2 Å². The molecule has 0 aliphatic carbocycles. The van der Waals surface area contributed by atoms with Crippen molar-refractivity contribution in [3.8, 4) is 11.5 Å². The van der Waals surface area contributed by atoms with Gasteiger partial charge in [-0.15, -0.1) is 34.9 Å². The van der Waals surface area contributed by atoms with Gasteiger partial charge in [0.2, 0.25) is 0 Å². The number of nitrogen functional groups attached to an aromatic ring is 1. The maximum Gasteiger partial charge on any atom is 0.354 e. The molecule has 1 aromatic carbocycles. The second kappa shape index (κ2) is 13.5. The summed E-state index contributed by atoms with van der Waals surface area (Å²) in [5.74, 6) is -7.21. The molecule has 20 nitrogen and oxygen atoms in total. The predicted molar refractivity (Wildman–Crippen MR) is 173 cm³/mol. The molecule has 2 aliphatic rings. The van der Waals surface area contributed by atoms with Crippen molar-refractivity contribution in [1.29, 1.82) is 0 Å². The second-order valence-electron chi connectivity index (χ2n) is 10.2. The number of rotatable bonds is 12. The Morgan fingerprint density at radius 3 is 2.54 bits per heavy atom. The predicted octanol–water partition coefficient (Wildman–Crippen LogP) is 0.422. The van der Waals surface area contributed by atoms with E-state index < -0.39 is 70.5 Å². The third kappa shape index (κ3) is 6.30. The van der Waals surface area contributed by atoms with Gasteiger partial charge in [-0.3, -0.25) is 14.5 Å². The number of thioether (sulfide) groups is 2. The number of carbonyl (C=O) groups is 5. The van der Waals surface area contributed by atoms with Crippen LogP contribution in [0.2, 0.25) is 0 Å². The monoisotopic (exact) mass is 743 g/mol. The molecule has 258 valence electrons. The molecule has 6 rings (SSSR count). The van der Waals surface area contributed by atoms with Crippen molar-refractivity contribution < 1.29 is 54.3 Å². The van der Waals surface area contributed by atoms with Crippen LogP contribution in [-0.4, -0.2) is 113 Å². The number of aromatic carboxylic acids is 2. The van der Waals surface area contributed by atoms with Crippen LogP contribution >= 0.6 is 34.9 Å². The van der Waals surface area contributed by atoms with Gasteiger partial charge in [-0.25, -0.2) is 24.4 Å². The van der Waals surface area contributed by atoms with Crippen LogP contribution in [0.15, 0.2) is 51.4 Å². The van der Waals surface area contributed by atoms with Crippen molar-refractivity contribution in [3.05, 3.63) is 63.7 Å². The fraction of sp³-hybridized carbons (Fsp3) is 0.185. The van der Waals surface area contributed by atoms with Crippen molar-refractivity contribution in [2.45, 2.75) is 23.0 Å². The standard InChI is InChI=1S/C27H21N9O11S3/c28-26-31-13(7-50-26)15(34-47-4-9-1-2-11(23(41)42)19(38)18(9)37)20(39)33-16-21(40)35-17(25(45)46)10(6-49-22(16)35)5-48-14-3-12(24(43)44)32-27-29-8-30-36(14)27/h1-3,7-8,16,22,37-38H,4-6H2,(H2,28,31)(H,33,39)(H,41,42)(H,43,44)(H,45,46)/b34-15-/t16-,22-/m1/s1. The van der Waals surface area contributed by atoms with Crippen LogP contribution in [0.25, 0.3) is 5.78 Å². The normalized spacial score (nSPS) is 17.3. The number of oxime groups is 1. The number of nitrogens with two attached hydrogens (primary N) is 1. The molecular weight excluding hydrogens is 723 g/mol. The number of aliphatic carboxylic acids is 1. The number of fused-ring (bicyclic) bond motifs is 2. The molecule has 0 radical (unpaired) electrons. The van der Waals surface area contributed by atoms with E-state index in [2.05, 4.69) is 30.5 Å². The number of hydrogen-bond donors (Lipinski definition) is 7. The minimum Gasteiger partial charge on any atom is -0.504 e. The number of nitrogens with one attached hydrogen (secondary N) is 1. The van der Waals surface area contributed by atoms with Crippen molar-refractivity contribution in [2.24, 2.45) is 5.16 Å².